The van der Waals surface area contributed by atoms with E-state index in [0.717, 1.165) is 18.5 Å². The Labute approximate surface area is 99.8 Å². The van der Waals surface area contributed by atoms with E-state index in [1.165, 1.54) is 0 Å². The summed E-state index contributed by atoms with van der Waals surface area (Å²) in [6.07, 6.45) is 1.57. The standard InChI is InChI=1S/C12H16N2O3/c15-9-12-7-6-11(8-13(16)17)14(12)10-4-2-1-3-5-10/h1-5,11-12,15H,6-9H2. The van der Waals surface area contributed by atoms with Crippen molar-refractivity contribution in [2.24, 2.45) is 0 Å². The summed E-state index contributed by atoms with van der Waals surface area (Å²) < 4.78 is 0. The Bertz CT molecular complexity index is 383. The van der Waals surface area contributed by atoms with E-state index in [4.69, 9.17) is 0 Å². The van der Waals surface area contributed by atoms with E-state index in [1.54, 1.807) is 0 Å². The summed E-state index contributed by atoms with van der Waals surface area (Å²) in [6, 6.07) is 9.49. The predicted molar refractivity (Wildman–Crippen MR) is 64.7 cm³/mol. The molecular weight excluding hydrogens is 220 g/mol. The number of hydrogen-bond donors (Lipinski definition) is 1. The number of benzene rings is 1. The molecule has 0 aromatic heterocycles. The van der Waals surface area contributed by atoms with Gasteiger partial charge in [0.25, 0.3) is 0 Å². The lowest BCUT2D eigenvalue weighted by Crippen LogP contribution is -2.41. The highest BCUT2D eigenvalue weighted by molar-refractivity contribution is 5.49. The lowest BCUT2D eigenvalue weighted by atomic mass is 10.2. The number of nitro groups is 1. The fourth-order valence-corrected chi connectivity index (χ4v) is 2.51. The largest absolute Gasteiger partial charge is 0.394 e. The van der Waals surface area contributed by atoms with Gasteiger partial charge in [-0.2, -0.15) is 0 Å². The highest BCUT2D eigenvalue weighted by Gasteiger charge is 2.35. The second-order valence-corrected chi connectivity index (χ2v) is 4.33. The van der Waals surface area contributed by atoms with E-state index in [9.17, 15) is 15.2 Å². The molecule has 1 heterocycles. The lowest BCUT2D eigenvalue weighted by Gasteiger charge is -2.29. The Kier molecular flexibility index (Phi) is 3.58. The van der Waals surface area contributed by atoms with Crippen LogP contribution in [0, 0.1) is 10.1 Å². The maximum Gasteiger partial charge on any atom is 0.223 e. The SMILES string of the molecule is O=[N+]([O-])CC1CCC(CO)N1c1ccccc1. The first-order valence-corrected chi connectivity index (χ1v) is 5.78. The third kappa shape index (κ3) is 2.55. The normalized spacial score (nSPS) is 23.9. The molecule has 0 bridgehead atoms. The lowest BCUT2D eigenvalue weighted by molar-refractivity contribution is -0.482. The molecule has 2 rings (SSSR count). The van der Waals surface area contributed by atoms with Crippen LogP contribution in [-0.4, -0.2) is 35.3 Å². The van der Waals surface area contributed by atoms with Gasteiger partial charge in [0, 0.05) is 10.6 Å². The number of aliphatic hydroxyl groups is 1. The van der Waals surface area contributed by atoms with E-state index in [2.05, 4.69) is 0 Å². The van der Waals surface area contributed by atoms with Crippen molar-refractivity contribution >= 4 is 5.69 Å². The van der Waals surface area contributed by atoms with Crippen LogP contribution in [0.3, 0.4) is 0 Å². The van der Waals surface area contributed by atoms with Gasteiger partial charge in [-0.15, -0.1) is 0 Å². The molecule has 1 aromatic rings. The topological polar surface area (TPSA) is 66.6 Å². The van der Waals surface area contributed by atoms with E-state index >= 15 is 0 Å². The Morgan fingerprint density at radius 2 is 1.94 bits per heavy atom. The van der Waals surface area contributed by atoms with Crippen LogP contribution in [0.5, 0.6) is 0 Å². The van der Waals surface area contributed by atoms with Gasteiger partial charge in [-0.1, -0.05) is 18.2 Å². The maximum atomic E-state index is 10.6. The van der Waals surface area contributed by atoms with Crippen LogP contribution in [0.25, 0.3) is 0 Å². The van der Waals surface area contributed by atoms with Crippen molar-refractivity contribution in [3.63, 3.8) is 0 Å². The molecule has 0 spiro atoms. The number of aliphatic hydroxyl groups excluding tert-OH is 1. The summed E-state index contributed by atoms with van der Waals surface area (Å²) >= 11 is 0. The van der Waals surface area contributed by atoms with Gasteiger partial charge < -0.3 is 10.0 Å². The first kappa shape index (κ1) is 11.9. The van der Waals surface area contributed by atoms with E-state index in [0.29, 0.717) is 0 Å². The zero-order valence-corrected chi connectivity index (χ0v) is 9.53. The van der Waals surface area contributed by atoms with Crippen molar-refractivity contribution in [2.45, 2.75) is 24.9 Å². The third-order valence-corrected chi connectivity index (χ3v) is 3.24. The smallest absolute Gasteiger partial charge is 0.223 e. The molecule has 1 aliphatic heterocycles. The molecule has 1 fully saturated rings. The van der Waals surface area contributed by atoms with Crippen molar-refractivity contribution < 1.29 is 10.0 Å². The van der Waals surface area contributed by atoms with E-state index in [-0.39, 0.29) is 30.2 Å². The fraction of sp³-hybridized carbons (Fsp3) is 0.500. The van der Waals surface area contributed by atoms with Gasteiger partial charge in [-0.05, 0) is 25.0 Å². The molecule has 2 atom stereocenters. The quantitative estimate of drug-likeness (QED) is 0.632. The second kappa shape index (κ2) is 5.14. The van der Waals surface area contributed by atoms with Crippen molar-refractivity contribution in [1.29, 1.82) is 0 Å². The minimum Gasteiger partial charge on any atom is -0.394 e. The monoisotopic (exact) mass is 236 g/mol. The van der Waals surface area contributed by atoms with Crippen LogP contribution in [0.15, 0.2) is 30.3 Å². The molecule has 1 saturated heterocycles. The van der Waals surface area contributed by atoms with Crippen molar-refractivity contribution in [2.75, 3.05) is 18.1 Å². The van der Waals surface area contributed by atoms with Gasteiger partial charge in [0.2, 0.25) is 6.54 Å². The summed E-state index contributed by atoms with van der Waals surface area (Å²) in [6.45, 7) is -0.0193. The van der Waals surface area contributed by atoms with Crippen LogP contribution in [0.1, 0.15) is 12.8 Å². The number of rotatable bonds is 4. The molecular formula is C12H16N2O3. The van der Waals surface area contributed by atoms with Gasteiger partial charge in [0.1, 0.15) is 0 Å². The number of anilines is 1. The van der Waals surface area contributed by atoms with Crippen molar-refractivity contribution in [3.8, 4) is 0 Å². The molecule has 1 aliphatic rings. The summed E-state index contributed by atoms with van der Waals surface area (Å²) in [5.41, 5.74) is 0.955. The van der Waals surface area contributed by atoms with Crippen LogP contribution in [0.4, 0.5) is 5.69 Å². The third-order valence-electron chi connectivity index (χ3n) is 3.24. The average Bonchev–Trinajstić information content (AvgIpc) is 2.72. The molecule has 0 aliphatic carbocycles. The molecule has 2 unspecified atom stereocenters. The summed E-state index contributed by atoms with van der Waals surface area (Å²) in [4.78, 5) is 12.4. The Morgan fingerprint density at radius 3 is 2.53 bits per heavy atom. The average molecular weight is 236 g/mol. The van der Waals surface area contributed by atoms with Gasteiger partial charge in [-0.25, -0.2) is 0 Å². The maximum absolute atomic E-state index is 10.6. The zero-order chi connectivity index (χ0) is 12.3. The molecule has 17 heavy (non-hydrogen) atoms. The summed E-state index contributed by atoms with van der Waals surface area (Å²) in [5.74, 6) is 0. The first-order valence-electron chi connectivity index (χ1n) is 5.78. The molecule has 92 valence electrons. The Balaban J connectivity index is 2.21. The van der Waals surface area contributed by atoms with Crippen LogP contribution < -0.4 is 4.90 Å². The minimum atomic E-state index is -0.277. The second-order valence-electron chi connectivity index (χ2n) is 4.33. The van der Waals surface area contributed by atoms with Gasteiger partial charge >= 0.3 is 0 Å². The van der Waals surface area contributed by atoms with E-state index < -0.39 is 0 Å². The molecule has 5 nitrogen and oxygen atoms in total. The molecule has 0 amide bonds. The molecule has 1 aromatic carbocycles. The highest BCUT2D eigenvalue weighted by Crippen LogP contribution is 2.30. The van der Waals surface area contributed by atoms with Crippen molar-refractivity contribution in [3.05, 3.63) is 40.4 Å². The zero-order valence-electron chi connectivity index (χ0n) is 9.53. The summed E-state index contributed by atoms with van der Waals surface area (Å²) in [5, 5.41) is 20.0. The highest BCUT2D eigenvalue weighted by atomic mass is 16.6. The molecule has 5 heteroatoms. The van der Waals surface area contributed by atoms with Crippen LogP contribution >= 0.6 is 0 Å². The summed E-state index contributed by atoms with van der Waals surface area (Å²) in [7, 11) is 0. The minimum absolute atomic E-state index is 0.00218. The fourth-order valence-electron chi connectivity index (χ4n) is 2.51. The number of hydrogen-bond acceptors (Lipinski definition) is 4. The van der Waals surface area contributed by atoms with Gasteiger partial charge in [-0.3, -0.25) is 10.1 Å². The first-order chi connectivity index (χ1) is 8.22. The Hall–Kier alpha value is -1.62. The Morgan fingerprint density at radius 1 is 1.29 bits per heavy atom. The predicted octanol–water partition coefficient (Wildman–Crippen LogP) is 1.29. The van der Waals surface area contributed by atoms with Crippen LogP contribution in [0.2, 0.25) is 0 Å². The van der Waals surface area contributed by atoms with Gasteiger partial charge in [0.15, 0.2) is 0 Å². The van der Waals surface area contributed by atoms with E-state index in [1.807, 2.05) is 35.2 Å². The van der Waals surface area contributed by atoms with Gasteiger partial charge in [0.05, 0.1) is 18.7 Å². The number of nitrogens with zero attached hydrogens (tertiary/aromatic N) is 2. The number of para-hydroxylation sites is 1. The van der Waals surface area contributed by atoms with Crippen LogP contribution in [-0.2, 0) is 0 Å². The molecule has 0 radical (unpaired) electrons. The molecule has 0 saturated carbocycles. The molecule has 1 N–H and O–H groups in total. The van der Waals surface area contributed by atoms with Crippen molar-refractivity contribution in [1.82, 2.24) is 0 Å².